The van der Waals surface area contributed by atoms with E-state index in [1.54, 1.807) is 0 Å². The van der Waals surface area contributed by atoms with Crippen LogP contribution in [-0.4, -0.2) is 35.3 Å². The van der Waals surface area contributed by atoms with Crippen LogP contribution in [0.4, 0.5) is 0 Å². The van der Waals surface area contributed by atoms with Crippen molar-refractivity contribution in [2.24, 2.45) is 0 Å². The molecule has 0 fully saturated rings. The molecule has 26 heavy (non-hydrogen) atoms. The second-order valence-corrected chi connectivity index (χ2v) is 5.55. The quantitative estimate of drug-likeness (QED) is 0.435. The van der Waals surface area contributed by atoms with Gasteiger partial charge in [-0.05, 0) is 17.3 Å². The minimum Gasteiger partial charge on any atom is -0.509 e. The van der Waals surface area contributed by atoms with Crippen LogP contribution in [0.25, 0.3) is 28.0 Å². The summed E-state index contributed by atoms with van der Waals surface area (Å²) in [7, 11) is 0. The van der Waals surface area contributed by atoms with Gasteiger partial charge in [0, 0.05) is 5.56 Å². The fourth-order valence-electron chi connectivity index (χ4n) is 2.55. The lowest BCUT2D eigenvalue weighted by Crippen LogP contribution is -2.07. The molecule has 4 aromatic rings. The standard InChI is InChI=1S/C18H13N7O/c19-10-13(18-20-14-8-4-5-9-15(14)21-18)16(26)11-25-23-17(22-24-25)12-6-2-1-3-7-12/h1-9,26H,11H2,(H,20,21)/b16-13-. The number of aliphatic hydroxyl groups is 1. The van der Waals surface area contributed by atoms with Crippen molar-refractivity contribution in [3.63, 3.8) is 0 Å². The average molecular weight is 343 g/mol. The van der Waals surface area contributed by atoms with Gasteiger partial charge in [0.1, 0.15) is 23.9 Å². The molecule has 2 aromatic carbocycles. The largest absolute Gasteiger partial charge is 0.509 e. The molecule has 8 nitrogen and oxygen atoms in total. The molecule has 0 bridgehead atoms. The van der Waals surface area contributed by atoms with Crippen LogP contribution in [0.3, 0.4) is 0 Å². The zero-order valence-corrected chi connectivity index (χ0v) is 13.5. The molecule has 0 saturated carbocycles. The first kappa shape index (κ1) is 15.5. The smallest absolute Gasteiger partial charge is 0.204 e. The van der Waals surface area contributed by atoms with Crippen molar-refractivity contribution in [2.75, 3.05) is 0 Å². The number of aliphatic hydroxyl groups excluding tert-OH is 1. The average Bonchev–Trinajstić information content (AvgIpc) is 3.30. The highest BCUT2D eigenvalue weighted by molar-refractivity contribution is 5.82. The van der Waals surface area contributed by atoms with Gasteiger partial charge in [-0.1, -0.05) is 42.5 Å². The van der Waals surface area contributed by atoms with E-state index in [4.69, 9.17) is 0 Å². The van der Waals surface area contributed by atoms with E-state index in [0.29, 0.717) is 17.2 Å². The van der Waals surface area contributed by atoms with E-state index in [9.17, 15) is 10.4 Å². The lowest BCUT2D eigenvalue weighted by molar-refractivity contribution is 0.357. The number of fused-ring (bicyclic) bond motifs is 1. The van der Waals surface area contributed by atoms with Crippen LogP contribution in [0.1, 0.15) is 5.82 Å². The minimum atomic E-state index is -0.191. The Balaban J connectivity index is 1.64. The van der Waals surface area contributed by atoms with E-state index >= 15 is 0 Å². The van der Waals surface area contributed by atoms with Crippen molar-refractivity contribution in [1.29, 1.82) is 5.26 Å². The molecule has 0 atom stereocenters. The summed E-state index contributed by atoms with van der Waals surface area (Å²) in [5, 5.41) is 32.0. The molecule has 4 rings (SSSR count). The Labute approximate surface area is 148 Å². The van der Waals surface area contributed by atoms with Gasteiger partial charge in [-0.15, -0.1) is 10.2 Å². The third-order valence-corrected chi connectivity index (χ3v) is 3.80. The van der Waals surface area contributed by atoms with Crippen LogP contribution in [0.15, 0.2) is 60.4 Å². The number of tetrazole rings is 1. The number of para-hydroxylation sites is 2. The molecule has 0 unspecified atom stereocenters. The highest BCUT2D eigenvalue weighted by Crippen LogP contribution is 2.19. The van der Waals surface area contributed by atoms with E-state index in [2.05, 4.69) is 25.4 Å². The third-order valence-electron chi connectivity index (χ3n) is 3.80. The Morgan fingerprint density at radius 3 is 2.65 bits per heavy atom. The molecular weight excluding hydrogens is 330 g/mol. The van der Waals surface area contributed by atoms with Gasteiger partial charge >= 0.3 is 0 Å². The summed E-state index contributed by atoms with van der Waals surface area (Å²) in [4.78, 5) is 8.60. The van der Waals surface area contributed by atoms with Gasteiger partial charge in [-0.2, -0.15) is 10.1 Å². The Kier molecular flexibility index (Phi) is 3.88. The number of aromatic amines is 1. The van der Waals surface area contributed by atoms with E-state index < -0.39 is 0 Å². The molecule has 0 radical (unpaired) electrons. The predicted octanol–water partition coefficient (Wildman–Crippen LogP) is 2.71. The monoisotopic (exact) mass is 343 g/mol. The maximum absolute atomic E-state index is 10.4. The Hall–Kier alpha value is -3.99. The molecule has 2 N–H and O–H groups in total. The molecule has 0 aliphatic heterocycles. The number of rotatable bonds is 4. The van der Waals surface area contributed by atoms with Crippen LogP contribution in [0, 0.1) is 11.3 Å². The number of benzene rings is 2. The van der Waals surface area contributed by atoms with Gasteiger partial charge in [-0.3, -0.25) is 0 Å². The molecule has 2 aromatic heterocycles. The normalized spacial score (nSPS) is 12.0. The molecular formula is C18H13N7O. The van der Waals surface area contributed by atoms with Crippen LogP contribution in [-0.2, 0) is 6.54 Å². The molecule has 0 aliphatic rings. The number of imidazole rings is 1. The molecule has 0 spiro atoms. The van der Waals surface area contributed by atoms with Crippen molar-refractivity contribution < 1.29 is 5.11 Å². The zero-order valence-electron chi connectivity index (χ0n) is 13.5. The highest BCUT2D eigenvalue weighted by Gasteiger charge is 2.15. The van der Waals surface area contributed by atoms with Gasteiger partial charge in [0.15, 0.2) is 5.82 Å². The summed E-state index contributed by atoms with van der Waals surface area (Å²) in [5.74, 6) is 0.554. The van der Waals surface area contributed by atoms with E-state index in [1.165, 1.54) is 4.80 Å². The lowest BCUT2D eigenvalue weighted by atomic mass is 10.2. The zero-order chi connectivity index (χ0) is 17.9. The van der Waals surface area contributed by atoms with Crippen molar-refractivity contribution in [2.45, 2.75) is 6.54 Å². The van der Waals surface area contributed by atoms with Gasteiger partial charge in [0.2, 0.25) is 5.82 Å². The minimum absolute atomic E-state index is 0.0414. The number of nitrogens with zero attached hydrogens (tertiary/aromatic N) is 6. The molecule has 8 heteroatoms. The van der Waals surface area contributed by atoms with Crippen molar-refractivity contribution >= 4 is 16.6 Å². The number of nitriles is 1. The van der Waals surface area contributed by atoms with Crippen LogP contribution < -0.4 is 0 Å². The molecule has 2 heterocycles. The molecule has 0 amide bonds. The van der Waals surface area contributed by atoms with Crippen LogP contribution in [0.2, 0.25) is 0 Å². The Morgan fingerprint density at radius 2 is 1.88 bits per heavy atom. The maximum atomic E-state index is 10.4. The number of H-pyrrole nitrogens is 1. The van der Waals surface area contributed by atoms with E-state index in [1.807, 2.05) is 60.7 Å². The summed E-state index contributed by atoms with van der Waals surface area (Å²) in [6.07, 6.45) is 0. The van der Waals surface area contributed by atoms with Crippen LogP contribution in [0.5, 0.6) is 0 Å². The third kappa shape index (κ3) is 2.89. The Morgan fingerprint density at radius 1 is 1.12 bits per heavy atom. The highest BCUT2D eigenvalue weighted by atomic mass is 16.3. The van der Waals surface area contributed by atoms with Crippen molar-refractivity contribution in [1.82, 2.24) is 30.2 Å². The first-order chi connectivity index (χ1) is 12.7. The summed E-state index contributed by atoms with van der Waals surface area (Å²) in [6, 6.07) is 18.8. The van der Waals surface area contributed by atoms with Gasteiger partial charge in [0.25, 0.3) is 0 Å². The number of aromatic nitrogens is 6. The SMILES string of the molecule is N#C/C(=C(/O)Cn1nnc(-c2ccccc2)n1)c1nc2ccccc2[nH]1. The molecule has 126 valence electrons. The summed E-state index contributed by atoms with van der Waals surface area (Å²) >= 11 is 0. The lowest BCUT2D eigenvalue weighted by Gasteiger charge is -2.01. The summed E-state index contributed by atoms with van der Waals surface area (Å²) in [6.45, 7) is -0.0836. The van der Waals surface area contributed by atoms with Gasteiger partial charge < -0.3 is 10.1 Å². The van der Waals surface area contributed by atoms with Gasteiger partial charge in [0.05, 0.1) is 11.0 Å². The molecule has 0 aliphatic carbocycles. The van der Waals surface area contributed by atoms with Crippen molar-refractivity contribution in [3.05, 3.63) is 66.2 Å². The fourth-order valence-corrected chi connectivity index (χ4v) is 2.55. The molecule has 0 saturated heterocycles. The second kappa shape index (κ2) is 6.49. The number of allylic oxidation sites excluding steroid dienone is 2. The fraction of sp³-hybridized carbons (Fsp3) is 0.0556. The number of hydrogen-bond acceptors (Lipinski definition) is 6. The second-order valence-electron chi connectivity index (χ2n) is 5.55. The van der Waals surface area contributed by atoms with E-state index in [-0.39, 0.29) is 17.9 Å². The van der Waals surface area contributed by atoms with Crippen LogP contribution >= 0.6 is 0 Å². The Bertz CT molecular complexity index is 1100. The van der Waals surface area contributed by atoms with Gasteiger partial charge in [-0.25, -0.2) is 4.98 Å². The maximum Gasteiger partial charge on any atom is 0.204 e. The van der Waals surface area contributed by atoms with Crippen molar-refractivity contribution in [3.8, 4) is 17.5 Å². The van der Waals surface area contributed by atoms with E-state index in [0.717, 1.165) is 11.1 Å². The first-order valence-electron chi connectivity index (χ1n) is 7.85. The topological polar surface area (TPSA) is 116 Å². The number of nitrogens with one attached hydrogen (secondary N) is 1. The number of hydrogen-bond donors (Lipinski definition) is 2. The summed E-state index contributed by atoms with van der Waals surface area (Å²) in [5.41, 5.74) is 2.36. The predicted molar refractivity (Wildman–Crippen MR) is 94.5 cm³/mol. The first-order valence-corrected chi connectivity index (χ1v) is 7.85. The summed E-state index contributed by atoms with van der Waals surface area (Å²) < 4.78 is 0.